The summed E-state index contributed by atoms with van der Waals surface area (Å²) in [6.45, 7) is 3.07. The Morgan fingerprint density at radius 2 is 1.70 bits per heavy atom. The molecule has 1 unspecified atom stereocenters. The minimum Gasteiger partial charge on any atom is -0.314 e. The van der Waals surface area contributed by atoms with Crippen LogP contribution < -0.4 is 5.32 Å². The normalized spacial score (nSPS) is 12.1. The summed E-state index contributed by atoms with van der Waals surface area (Å²) >= 11 is 5.87. The van der Waals surface area contributed by atoms with E-state index >= 15 is 0 Å². The Labute approximate surface area is 141 Å². The predicted molar refractivity (Wildman–Crippen MR) is 94.0 cm³/mol. The molecule has 2 aromatic rings. The number of nitro groups is 1. The first-order valence-electron chi connectivity index (χ1n) is 7.76. The lowest BCUT2D eigenvalue weighted by molar-refractivity contribution is -0.384. The number of nitrogens with one attached hydrogen (secondary N) is 1. The highest BCUT2D eigenvalue weighted by Gasteiger charge is 2.06. The largest absolute Gasteiger partial charge is 0.314 e. The van der Waals surface area contributed by atoms with Crippen LogP contribution in [0.3, 0.4) is 0 Å². The van der Waals surface area contributed by atoms with Gasteiger partial charge in [-0.1, -0.05) is 35.9 Å². The quantitative estimate of drug-likeness (QED) is 0.443. The molecular weight excluding hydrogens is 312 g/mol. The third-order valence-corrected chi connectivity index (χ3v) is 3.99. The van der Waals surface area contributed by atoms with E-state index in [1.807, 2.05) is 24.3 Å². The van der Waals surface area contributed by atoms with Crippen LogP contribution in [0, 0.1) is 10.1 Å². The van der Waals surface area contributed by atoms with Crippen molar-refractivity contribution in [3.05, 3.63) is 74.8 Å². The van der Waals surface area contributed by atoms with Crippen LogP contribution >= 0.6 is 11.6 Å². The Morgan fingerprint density at radius 3 is 2.30 bits per heavy atom. The molecule has 0 amide bonds. The molecule has 0 radical (unpaired) electrons. The Morgan fingerprint density at radius 1 is 1.09 bits per heavy atom. The number of aryl methyl sites for hydroxylation is 1. The summed E-state index contributed by atoms with van der Waals surface area (Å²) in [4.78, 5) is 10.3. The predicted octanol–water partition coefficient (Wildman–Crippen LogP) is 4.40. The second kappa shape index (κ2) is 8.65. The van der Waals surface area contributed by atoms with Crippen LogP contribution in [-0.4, -0.2) is 17.5 Å². The number of hydrogen-bond donors (Lipinski definition) is 1. The summed E-state index contributed by atoms with van der Waals surface area (Å²) in [5.41, 5.74) is 2.53. The van der Waals surface area contributed by atoms with Crippen molar-refractivity contribution < 1.29 is 4.92 Å². The Hall–Kier alpha value is -1.91. The summed E-state index contributed by atoms with van der Waals surface area (Å²) in [7, 11) is 0. The first-order chi connectivity index (χ1) is 11.0. The van der Waals surface area contributed by atoms with E-state index in [9.17, 15) is 10.1 Å². The molecule has 0 spiro atoms. The van der Waals surface area contributed by atoms with Gasteiger partial charge < -0.3 is 5.32 Å². The highest BCUT2D eigenvalue weighted by Crippen LogP contribution is 2.13. The highest BCUT2D eigenvalue weighted by molar-refractivity contribution is 6.30. The summed E-state index contributed by atoms with van der Waals surface area (Å²) < 4.78 is 0. The van der Waals surface area contributed by atoms with E-state index in [1.165, 1.54) is 5.56 Å². The monoisotopic (exact) mass is 332 g/mol. The van der Waals surface area contributed by atoms with Crippen LogP contribution in [0.4, 0.5) is 5.69 Å². The average molecular weight is 333 g/mol. The van der Waals surface area contributed by atoms with Crippen molar-refractivity contribution in [3.8, 4) is 0 Å². The van der Waals surface area contributed by atoms with Gasteiger partial charge in [0.25, 0.3) is 5.69 Å². The molecule has 0 aromatic heterocycles. The van der Waals surface area contributed by atoms with E-state index < -0.39 is 0 Å². The molecule has 2 aromatic carbocycles. The summed E-state index contributed by atoms with van der Waals surface area (Å²) in [5, 5.41) is 14.9. The number of nitrogens with zero attached hydrogens (tertiary/aromatic N) is 1. The third-order valence-electron chi connectivity index (χ3n) is 3.74. The van der Waals surface area contributed by atoms with Gasteiger partial charge in [0.15, 0.2) is 0 Å². The topological polar surface area (TPSA) is 55.2 Å². The second-order valence-electron chi connectivity index (χ2n) is 5.71. The molecule has 0 aliphatic rings. The van der Waals surface area contributed by atoms with Gasteiger partial charge in [0.05, 0.1) is 4.92 Å². The molecule has 0 heterocycles. The fourth-order valence-electron chi connectivity index (χ4n) is 2.47. The van der Waals surface area contributed by atoms with E-state index in [0.717, 1.165) is 36.4 Å². The molecule has 0 bridgehead atoms. The van der Waals surface area contributed by atoms with Crippen LogP contribution in [0.5, 0.6) is 0 Å². The molecular formula is C18H21ClN2O2. The van der Waals surface area contributed by atoms with Crippen LogP contribution in [0.1, 0.15) is 24.5 Å². The molecule has 0 aliphatic heterocycles. The van der Waals surface area contributed by atoms with Gasteiger partial charge in [-0.2, -0.15) is 0 Å². The summed E-state index contributed by atoms with van der Waals surface area (Å²) in [6.07, 6.45) is 2.94. The minimum atomic E-state index is -0.373. The van der Waals surface area contributed by atoms with Gasteiger partial charge >= 0.3 is 0 Å². The molecule has 0 saturated heterocycles. The minimum absolute atomic E-state index is 0.136. The van der Waals surface area contributed by atoms with E-state index in [0.29, 0.717) is 6.04 Å². The molecule has 0 fully saturated rings. The maximum Gasteiger partial charge on any atom is 0.269 e. The molecule has 1 atom stereocenters. The van der Waals surface area contributed by atoms with Gasteiger partial charge in [0.1, 0.15) is 0 Å². The number of rotatable bonds is 8. The fraction of sp³-hybridized carbons (Fsp3) is 0.333. The van der Waals surface area contributed by atoms with E-state index in [4.69, 9.17) is 11.6 Å². The zero-order valence-electron chi connectivity index (χ0n) is 13.2. The average Bonchev–Trinajstić information content (AvgIpc) is 2.54. The van der Waals surface area contributed by atoms with Crippen LogP contribution in [-0.2, 0) is 12.8 Å². The van der Waals surface area contributed by atoms with Gasteiger partial charge in [-0.15, -0.1) is 0 Å². The van der Waals surface area contributed by atoms with Gasteiger partial charge in [-0.25, -0.2) is 0 Å². The van der Waals surface area contributed by atoms with Crippen LogP contribution in [0.15, 0.2) is 48.5 Å². The molecule has 23 heavy (non-hydrogen) atoms. The van der Waals surface area contributed by atoms with Gasteiger partial charge in [0, 0.05) is 23.2 Å². The van der Waals surface area contributed by atoms with Gasteiger partial charge in [-0.3, -0.25) is 10.1 Å². The maximum absolute atomic E-state index is 10.6. The number of halogens is 1. The SMILES string of the molecule is CC(Cc1ccc([N+](=O)[O-])cc1)NCCCc1ccc(Cl)cc1. The standard InChI is InChI=1S/C18H21ClN2O2/c1-14(13-16-6-10-18(11-7-16)21(22)23)20-12-2-3-15-4-8-17(19)9-5-15/h4-11,14,20H,2-3,12-13H2,1H3. The Kier molecular flexibility index (Phi) is 6.56. The summed E-state index contributed by atoms with van der Waals surface area (Å²) in [6, 6.07) is 15.1. The molecule has 2 rings (SSSR count). The molecule has 0 aliphatic carbocycles. The van der Waals surface area contributed by atoms with Crippen molar-refractivity contribution in [1.82, 2.24) is 5.32 Å². The number of benzene rings is 2. The lowest BCUT2D eigenvalue weighted by Crippen LogP contribution is -2.29. The van der Waals surface area contributed by atoms with Crippen LogP contribution in [0.25, 0.3) is 0 Å². The smallest absolute Gasteiger partial charge is 0.269 e. The number of hydrogen-bond acceptors (Lipinski definition) is 3. The molecule has 5 heteroatoms. The zero-order chi connectivity index (χ0) is 16.7. The van der Waals surface area contributed by atoms with Crippen molar-refractivity contribution in [2.45, 2.75) is 32.2 Å². The lowest BCUT2D eigenvalue weighted by Gasteiger charge is -2.13. The van der Waals surface area contributed by atoms with Crippen molar-refractivity contribution >= 4 is 17.3 Å². The fourth-order valence-corrected chi connectivity index (χ4v) is 2.60. The van der Waals surface area contributed by atoms with E-state index in [1.54, 1.807) is 12.1 Å². The van der Waals surface area contributed by atoms with Crippen molar-refractivity contribution in [2.75, 3.05) is 6.54 Å². The Balaban J connectivity index is 1.69. The van der Waals surface area contributed by atoms with Gasteiger partial charge in [0.2, 0.25) is 0 Å². The Bertz CT molecular complexity index is 626. The third kappa shape index (κ3) is 6.00. The zero-order valence-corrected chi connectivity index (χ0v) is 13.9. The number of non-ortho nitro benzene ring substituents is 1. The molecule has 1 N–H and O–H groups in total. The highest BCUT2D eigenvalue weighted by atomic mass is 35.5. The van der Waals surface area contributed by atoms with Crippen LogP contribution in [0.2, 0.25) is 5.02 Å². The molecule has 122 valence electrons. The maximum atomic E-state index is 10.6. The number of nitro benzene ring substituents is 1. The van der Waals surface area contributed by atoms with Crippen molar-refractivity contribution in [3.63, 3.8) is 0 Å². The van der Waals surface area contributed by atoms with Gasteiger partial charge in [-0.05, 0) is 56.0 Å². The molecule has 4 nitrogen and oxygen atoms in total. The second-order valence-corrected chi connectivity index (χ2v) is 6.15. The van der Waals surface area contributed by atoms with E-state index in [2.05, 4.69) is 24.4 Å². The summed E-state index contributed by atoms with van der Waals surface area (Å²) in [5.74, 6) is 0. The first kappa shape index (κ1) is 17.4. The van der Waals surface area contributed by atoms with Crippen molar-refractivity contribution in [2.24, 2.45) is 0 Å². The van der Waals surface area contributed by atoms with E-state index in [-0.39, 0.29) is 10.6 Å². The first-order valence-corrected chi connectivity index (χ1v) is 8.13. The lowest BCUT2D eigenvalue weighted by atomic mass is 10.1. The molecule has 0 saturated carbocycles. The van der Waals surface area contributed by atoms with Crippen molar-refractivity contribution in [1.29, 1.82) is 0 Å².